The number of ether oxygens (including phenoxy) is 3. The summed E-state index contributed by atoms with van der Waals surface area (Å²) < 4.78 is 28.8. The Kier molecular flexibility index (Phi) is 32.8. The van der Waals surface area contributed by atoms with Gasteiger partial charge < -0.3 is 29.3 Å². The van der Waals surface area contributed by atoms with Crippen LogP contribution in [0.2, 0.25) is 0 Å². The van der Waals surface area contributed by atoms with E-state index in [0.717, 1.165) is 75.2 Å². The molecular formula is C54H94N2O10S. The van der Waals surface area contributed by atoms with Gasteiger partial charge in [-0.15, -0.1) is 0 Å². The fourth-order valence-electron chi connectivity index (χ4n) is 9.19. The Morgan fingerprint density at radius 2 is 1.58 bits per heavy atom. The number of methoxy groups -OCH3 is 2. The highest BCUT2D eigenvalue weighted by Gasteiger charge is 2.49. The molecule has 3 saturated heterocycles. The number of aliphatic hydroxyl groups is 2. The van der Waals surface area contributed by atoms with Crippen LogP contribution in [0.25, 0.3) is 0 Å². The van der Waals surface area contributed by atoms with Gasteiger partial charge in [0.15, 0.2) is 0 Å². The minimum absolute atomic E-state index is 0.0627. The second-order valence-electron chi connectivity index (χ2n) is 19.1. The molecule has 1 saturated carbocycles. The molecule has 12 nitrogen and oxygen atoms in total. The number of piperidine rings is 1. The number of hydrogen-bond acceptors (Lipinski definition) is 10. The summed E-state index contributed by atoms with van der Waals surface area (Å²) >= 11 is 0. The molecule has 0 aromatic heterocycles. The van der Waals surface area contributed by atoms with Gasteiger partial charge in [-0.1, -0.05) is 115 Å². The molecule has 4 rings (SSSR count). The Bertz CT molecular complexity index is 1580. The highest BCUT2D eigenvalue weighted by Crippen LogP contribution is 2.32. The van der Waals surface area contributed by atoms with Gasteiger partial charge in [-0.2, -0.15) is 0 Å². The molecule has 4 aliphatic rings. The Labute approximate surface area is 409 Å². The summed E-state index contributed by atoms with van der Waals surface area (Å²) in [6.45, 7) is 20.2. The lowest BCUT2D eigenvalue weighted by Gasteiger charge is -2.39. The molecule has 13 heteroatoms. The van der Waals surface area contributed by atoms with Crippen molar-refractivity contribution in [2.45, 2.75) is 208 Å². The van der Waals surface area contributed by atoms with Crippen LogP contribution in [0.3, 0.4) is 0 Å². The average molecular weight is 963 g/mol. The number of rotatable bonds is 22. The molecule has 386 valence electrons. The lowest BCUT2D eigenvalue weighted by Crippen LogP contribution is -2.57. The molecule has 3 aliphatic heterocycles. The zero-order valence-electron chi connectivity index (χ0n) is 43.7. The number of ketones is 2. The second-order valence-corrected chi connectivity index (χ2v) is 20.6. The summed E-state index contributed by atoms with van der Waals surface area (Å²) in [6.07, 6.45) is 31.1. The average Bonchev–Trinajstić information content (AvgIpc) is 3.77. The zero-order valence-corrected chi connectivity index (χ0v) is 44.5. The number of hydrogen-bond donors (Lipinski definition) is 2. The van der Waals surface area contributed by atoms with Crippen LogP contribution in [-0.2, 0) is 44.4 Å². The third kappa shape index (κ3) is 23.1. The van der Waals surface area contributed by atoms with Crippen molar-refractivity contribution in [3.05, 3.63) is 47.6 Å². The molecule has 4 fully saturated rings. The molecule has 1 amide bonds. The number of carbonyl (C=O) groups is 4. The summed E-state index contributed by atoms with van der Waals surface area (Å²) in [5.41, 5.74) is 2.13. The van der Waals surface area contributed by atoms with Crippen molar-refractivity contribution in [3.8, 4) is 0 Å². The molecule has 0 aromatic carbocycles. The van der Waals surface area contributed by atoms with E-state index < -0.39 is 34.6 Å². The highest BCUT2D eigenvalue weighted by atomic mass is 32.2. The maximum Gasteiger partial charge on any atom is 0.296 e. The minimum Gasteiger partial charge on any atom is -0.471 e. The summed E-state index contributed by atoms with van der Waals surface area (Å²) in [4.78, 5) is 47.9. The van der Waals surface area contributed by atoms with Gasteiger partial charge in [0.25, 0.3) is 18.2 Å². The van der Waals surface area contributed by atoms with Crippen molar-refractivity contribution in [2.24, 2.45) is 23.7 Å². The van der Waals surface area contributed by atoms with E-state index >= 15 is 0 Å². The number of Topliss-reactive ketones (excluding diaryl/α,β-unsaturated/α-hetero) is 2. The molecule has 0 radical (unpaired) electrons. The van der Waals surface area contributed by atoms with Gasteiger partial charge in [0, 0.05) is 56.3 Å². The number of nitrogens with zero attached hydrogens (tertiary/aromatic N) is 2. The molecule has 1 aliphatic carbocycles. The minimum atomic E-state index is -1.92. The summed E-state index contributed by atoms with van der Waals surface area (Å²) in [7, 11) is 2.32. The van der Waals surface area contributed by atoms with Gasteiger partial charge in [-0.05, 0) is 116 Å². The second kappa shape index (κ2) is 35.3. The topological polar surface area (TPSA) is 160 Å². The standard InChI is InChI=1S/C36H61NO4S.C14H23NO4.C2H4O2.C2H6/c1-28(17-11-10-13-18-29(2)32(5)37-23-16-24-42(37)40)25-31(4)36(39)27-35(38)30(3)19-12-8-7-9-14-20-33-21-15-22-34(26-33)41-6;1-10-6-5-9-19-14(10,18)12(16)13(17)15-8-4-3-7-11(15)2;1-4-2-3;1-2/h10-11,13,17-19,28,31-35,38H,7-9,12,14-16,20-27H2,1-6H3;10-11,18H,3-9H2,1-2H3;2H,1H3;1-2H3/b13-10+,17-11+,29-18+,30-19+;;;/t28?,31?,32-,33?,34-,35?,42?;;;/m0.../s1. The first-order chi connectivity index (χ1) is 32.0. The van der Waals surface area contributed by atoms with Crippen LogP contribution < -0.4 is 0 Å². The number of likely N-dealkylation sites (tertiary alicyclic amines) is 1. The third-order valence-electron chi connectivity index (χ3n) is 13.8. The van der Waals surface area contributed by atoms with Crippen molar-refractivity contribution in [1.29, 1.82) is 0 Å². The van der Waals surface area contributed by atoms with Gasteiger partial charge >= 0.3 is 0 Å². The van der Waals surface area contributed by atoms with Crippen molar-refractivity contribution < 1.29 is 47.8 Å². The molecular weight excluding hydrogens is 869 g/mol. The van der Waals surface area contributed by atoms with E-state index in [1.807, 2.05) is 60.0 Å². The predicted molar refractivity (Wildman–Crippen MR) is 272 cm³/mol. The van der Waals surface area contributed by atoms with Crippen LogP contribution in [-0.4, -0.2) is 117 Å². The molecule has 3 heterocycles. The summed E-state index contributed by atoms with van der Waals surface area (Å²) in [5, 5.41) is 21.0. The number of carbonyl (C=O) groups excluding carboxylic acids is 4. The van der Waals surface area contributed by atoms with Crippen LogP contribution in [0.15, 0.2) is 47.6 Å². The number of amides is 1. The lowest BCUT2D eigenvalue weighted by molar-refractivity contribution is -0.240. The van der Waals surface area contributed by atoms with Gasteiger partial charge in [0.05, 0.1) is 36.9 Å². The molecule has 8 unspecified atom stereocenters. The highest BCUT2D eigenvalue weighted by molar-refractivity contribution is 7.82. The van der Waals surface area contributed by atoms with E-state index in [2.05, 4.69) is 48.0 Å². The van der Waals surface area contributed by atoms with E-state index in [-0.39, 0.29) is 42.0 Å². The molecule has 67 heavy (non-hydrogen) atoms. The maximum atomic E-state index is 12.8. The van der Waals surface area contributed by atoms with E-state index in [1.54, 1.807) is 11.8 Å². The largest absolute Gasteiger partial charge is 0.471 e. The van der Waals surface area contributed by atoms with Crippen LogP contribution in [0.4, 0.5) is 0 Å². The molecule has 0 spiro atoms. The number of unbranched alkanes of at least 4 members (excludes halogenated alkanes) is 4. The monoisotopic (exact) mass is 963 g/mol. The van der Waals surface area contributed by atoms with Crippen LogP contribution in [0, 0.1) is 23.7 Å². The van der Waals surface area contributed by atoms with E-state index in [0.29, 0.717) is 32.1 Å². The zero-order chi connectivity index (χ0) is 50.4. The van der Waals surface area contributed by atoms with Gasteiger partial charge in [-0.25, -0.2) is 8.51 Å². The number of allylic oxidation sites excluding steroid dienone is 6. The SMILES string of the molecule is CC.CC1CCCCN1C(=O)C(=O)C1(O)OCCCC1C.COC=O.CO[C@H]1CCCC(CCCCCC/C=C(\C)C(O)CC(=O)C(C)CC(C)/C=C/C=C/C=C(\C)[C@H](C)N2CCCS2=O)C1. The lowest BCUT2D eigenvalue weighted by atomic mass is 9.84. The molecule has 2 N–H and O–H groups in total. The van der Waals surface area contributed by atoms with Crippen molar-refractivity contribution >= 4 is 34.9 Å². The van der Waals surface area contributed by atoms with Crippen molar-refractivity contribution in [2.75, 3.05) is 39.7 Å². The maximum absolute atomic E-state index is 12.8. The van der Waals surface area contributed by atoms with Crippen molar-refractivity contribution in [3.63, 3.8) is 0 Å². The Balaban J connectivity index is 0.000000737. The molecule has 10 atom stereocenters. The van der Waals surface area contributed by atoms with Gasteiger partial charge in [0.2, 0.25) is 5.79 Å². The first-order valence-electron chi connectivity index (χ1n) is 25.8. The van der Waals surface area contributed by atoms with E-state index in [4.69, 9.17) is 14.3 Å². The normalized spacial score (nSPS) is 26.8. The fourth-order valence-corrected chi connectivity index (χ4v) is 10.6. The van der Waals surface area contributed by atoms with Crippen LogP contribution in [0.5, 0.6) is 0 Å². The van der Waals surface area contributed by atoms with Crippen molar-refractivity contribution in [1.82, 2.24) is 9.21 Å². The smallest absolute Gasteiger partial charge is 0.296 e. The fraction of sp³-hybridized carbons (Fsp3) is 0.778. The van der Waals surface area contributed by atoms with Gasteiger partial charge in [0.1, 0.15) is 5.78 Å². The van der Waals surface area contributed by atoms with E-state index in [9.17, 15) is 28.8 Å². The Morgan fingerprint density at radius 1 is 0.881 bits per heavy atom. The Morgan fingerprint density at radius 3 is 2.21 bits per heavy atom. The van der Waals surface area contributed by atoms with Crippen LogP contribution >= 0.6 is 0 Å². The molecule has 0 bridgehead atoms. The third-order valence-corrected chi connectivity index (χ3v) is 15.5. The molecule has 0 aromatic rings. The summed E-state index contributed by atoms with van der Waals surface area (Å²) in [6, 6.07) is 0.250. The summed E-state index contributed by atoms with van der Waals surface area (Å²) in [5.74, 6) is -1.70. The van der Waals surface area contributed by atoms with Gasteiger partial charge in [-0.3, -0.25) is 19.2 Å². The van der Waals surface area contributed by atoms with E-state index in [1.165, 1.54) is 64.0 Å². The Hall–Kier alpha value is -2.81. The van der Waals surface area contributed by atoms with Crippen LogP contribution in [0.1, 0.15) is 178 Å². The quantitative estimate of drug-likeness (QED) is 0.0352. The predicted octanol–water partition coefficient (Wildman–Crippen LogP) is 10.2. The number of aliphatic hydroxyl groups excluding tert-OH is 1. The first-order valence-corrected chi connectivity index (χ1v) is 27.0. The first kappa shape index (κ1) is 62.2.